The number of anilines is 1. The van der Waals surface area contributed by atoms with E-state index in [1.165, 1.54) is 24.4 Å². The molecule has 0 unspecified atom stereocenters. The Morgan fingerprint density at radius 1 is 1.10 bits per heavy atom. The van der Waals surface area contributed by atoms with Crippen molar-refractivity contribution in [1.29, 1.82) is 0 Å². The van der Waals surface area contributed by atoms with E-state index in [0.29, 0.717) is 12.1 Å². The molecular formula is C21H26FN5O2. The number of rotatable bonds is 7. The fraction of sp³-hybridized carbons (Fsp3) is 0.381. The van der Waals surface area contributed by atoms with Crippen molar-refractivity contribution in [2.24, 2.45) is 0 Å². The Labute approximate surface area is 169 Å². The number of pyridine rings is 1. The van der Waals surface area contributed by atoms with Gasteiger partial charge >= 0.3 is 0 Å². The molecule has 3 rings (SSSR count). The van der Waals surface area contributed by atoms with Crippen LogP contribution in [-0.2, 0) is 0 Å². The molecule has 2 amide bonds. The predicted molar refractivity (Wildman–Crippen MR) is 109 cm³/mol. The normalized spacial score (nSPS) is 15.1. The number of nitrogens with one attached hydrogen (secondary N) is 2. The largest absolute Gasteiger partial charge is 0.352 e. The summed E-state index contributed by atoms with van der Waals surface area (Å²) in [6.07, 6.45) is 3.74. The van der Waals surface area contributed by atoms with Crippen molar-refractivity contribution in [3.8, 4) is 0 Å². The van der Waals surface area contributed by atoms with Gasteiger partial charge in [-0.05, 0) is 44.3 Å². The minimum atomic E-state index is -0.675. The van der Waals surface area contributed by atoms with E-state index in [1.54, 1.807) is 18.3 Å². The molecule has 29 heavy (non-hydrogen) atoms. The number of hydrogen-bond acceptors (Lipinski definition) is 5. The number of piperazine rings is 1. The summed E-state index contributed by atoms with van der Waals surface area (Å²) in [7, 11) is 2.11. The van der Waals surface area contributed by atoms with Crippen LogP contribution in [0.4, 0.5) is 10.1 Å². The summed E-state index contributed by atoms with van der Waals surface area (Å²) in [5.74, 6) is -1.67. The summed E-state index contributed by atoms with van der Waals surface area (Å²) in [6, 6.07) is 7.40. The quantitative estimate of drug-likeness (QED) is 0.695. The molecule has 7 nitrogen and oxygen atoms in total. The Bertz CT molecular complexity index is 838. The van der Waals surface area contributed by atoms with Gasteiger partial charge in [0.25, 0.3) is 11.8 Å². The van der Waals surface area contributed by atoms with E-state index in [0.717, 1.165) is 39.1 Å². The van der Waals surface area contributed by atoms with Crippen LogP contribution in [0.25, 0.3) is 0 Å². The summed E-state index contributed by atoms with van der Waals surface area (Å²) in [5, 5.41) is 5.36. The average molecular weight is 399 g/mol. The Morgan fingerprint density at radius 2 is 1.90 bits per heavy atom. The van der Waals surface area contributed by atoms with E-state index in [9.17, 15) is 14.0 Å². The Morgan fingerprint density at radius 3 is 2.62 bits per heavy atom. The van der Waals surface area contributed by atoms with Crippen LogP contribution < -0.4 is 10.6 Å². The maximum absolute atomic E-state index is 14.4. The van der Waals surface area contributed by atoms with Crippen LogP contribution in [0, 0.1) is 5.82 Å². The number of amides is 2. The lowest BCUT2D eigenvalue weighted by molar-refractivity contribution is 0.0946. The van der Waals surface area contributed by atoms with E-state index >= 15 is 0 Å². The van der Waals surface area contributed by atoms with Gasteiger partial charge in [0.15, 0.2) is 0 Å². The van der Waals surface area contributed by atoms with Crippen LogP contribution in [0.1, 0.15) is 27.1 Å². The van der Waals surface area contributed by atoms with Crippen molar-refractivity contribution in [2.45, 2.75) is 6.42 Å². The number of carbonyl (C=O) groups excluding carboxylic acids is 2. The van der Waals surface area contributed by atoms with Crippen molar-refractivity contribution in [1.82, 2.24) is 20.1 Å². The van der Waals surface area contributed by atoms with Crippen LogP contribution >= 0.6 is 0 Å². The van der Waals surface area contributed by atoms with Gasteiger partial charge in [-0.25, -0.2) is 4.39 Å². The van der Waals surface area contributed by atoms with Gasteiger partial charge in [0.1, 0.15) is 5.82 Å². The molecule has 2 heterocycles. The van der Waals surface area contributed by atoms with Crippen molar-refractivity contribution in [2.75, 3.05) is 51.6 Å². The molecule has 8 heteroatoms. The number of benzene rings is 1. The predicted octanol–water partition coefficient (Wildman–Crippen LogP) is 1.84. The zero-order valence-corrected chi connectivity index (χ0v) is 16.5. The molecule has 1 aromatic carbocycles. The molecule has 2 aromatic rings. The number of carbonyl (C=O) groups is 2. The van der Waals surface area contributed by atoms with Crippen LogP contribution in [0.3, 0.4) is 0 Å². The first-order valence-electron chi connectivity index (χ1n) is 9.73. The second kappa shape index (κ2) is 10.1. The van der Waals surface area contributed by atoms with E-state index in [4.69, 9.17) is 0 Å². The topological polar surface area (TPSA) is 77.6 Å². The van der Waals surface area contributed by atoms with Crippen LogP contribution in [0.15, 0.2) is 42.7 Å². The van der Waals surface area contributed by atoms with E-state index in [2.05, 4.69) is 32.5 Å². The first kappa shape index (κ1) is 20.9. The minimum absolute atomic E-state index is 0.135. The standard InChI is InChI=1S/C21H26FN5O2/c1-26-11-13-27(14-12-26)10-4-9-24-21(29)19-17(22)6-2-7-18(19)25-20(28)16-5-3-8-23-15-16/h2-3,5-8,15H,4,9-14H2,1H3,(H,24,29)(H,25,28). The highest BCUT2D eigenvalue weighted by atomic mass is 19.1. The zero-order valence-electron chi connectivity index (χ0n) is 16.5. The molecule has 0 bridgehead atoms. The Hall–Kier alpha value is -2.84. The van der Waals surface area contributed by atoms with Crippen LogP contribution in [0.2, 0.25) is 0 Å². The van der Waals surface area contributed by atoms with Crippen LogP contribution in [0.5, 0.6) is 0 Å². The van der Waals surface area contributed by atoms with Crippen molar-refractivity contribution < 1.29 is 14.0 Å². The second-order valence-corrected chi connectivity index (χ2v) is 7.11. The maximum Gasteiger partial charge on any atom is 0.257 e. The molecule has 0 spiro atoms. The number of nitrogens with zero attached hydrogens (tertiary/aromatic N) is 3. The van der Waals surface area contributed by atoms with E-state index in [1.807, 2.05) is 0 Å². The van der Waals surface area contributed by atoms with Gasteiger partial charge in [0.2, 0.25) is 0 Å². The summed E-state index contributed by atoms with van der Waals surface area (Å²) in [4.78, 5) is 33.4. The average Bonchev–Trinajstić information content (AvgIpc) is 2.73. The monoisotopic (exact) mass is 399 g/mol. The molecule has 0 aliphatic carbocycles. The van der Waals surface area contributed by atoms with Gasteiger partial charge in [-0.2, -0.15) is 0 Å². The molecule has 1 fully saturated rings. The minimum Gasteiger partial charge on any atom is -0.352 e. The summed E-state index contributed by atoms with van der Waals surface area (Å²) in [6.45, 7) is 5.44. The third kappa shape index (κ3) is 5.82. The molecule has 2 N–H and O–H groups in total. The molecule has 1 aliphatic rings. The number of halogens is 1. The van der Waals surface area contributed by atoms with E-state index < -0.39 is 17.6 Å². The fourth-order valence-corrected chi connectivity index (χ4v) is 3.22. The Balaban J connectivity index is 1.56. The third-order valence-electron chi connectivity index (χ3n) is 4.95. The van der Waals surface area contributed by atoms with Gasteiger partial charge < -0.3 is 20.4 Å². The van der Waals surface area contributed by atoms with Crippen molar-refractivity contribution >= 4 is 17.5 Å². The van der Waals surface area contributed by atoms with Gasteiger partial charge in [-0.15, -0.1) is 0 Å². The van der Waals surface area contributed by atoms with Crippen LogP contribution in [-0.4, -0.2) is 72.9 Å². The van der Waals surface area contributed by atoms with Gasteiger partial charge in [-0.3, -0.25) is 14.6 Å². The smallest absolute Gasteiger partial charge is 0.257 e. The lowest BCUT2D eigenvalue weighted by Gasteiger charge is -2.32. The highest BCUT2D eigenvalue weighted by Gasteiger charge is 2.19. The van der Waals surface area contributed by atoms with Gasteiger partial charge in [0, 0.05) is 45.1 Å². The second-order valence-electron chi connectivity index (χ2n) is 7.11. The fourth-order valence-electron chi connectivity index (χ4n) is 3.22. The first-order valence-corrected chi connectivity index (χ1v) is 9.73. The Kier molecular flexibility index (Phi) is 7.26. The maximum atomic E-state index is 14.4. The molecule has 154 valence electrons. The molecule has 1 aromatic heterocycles. The molecule has 0 radical (unpaired) electrons. The third-order valence-corrected chi connectivity index (χ3v) is 4.95. The number of aromatic nitrogens is 1. The lowest BCUT2D eigenvalue weighted by atomic mass is 10.1. The summed E-state index contributed by atoms with van der Waals surface area (Å²) in [5.41, 5.74) is 0.301. The van der Waals surface area contributed by atoms with Gasteiger partial charge in [-0.1, -0.05) is 6.07 Å². The summed E-state index contributed by atoms with van der Waals surface area (Å²) >= 11 is 0. The van der Waals surface area contributed by atoms with E-state index in [-0.39, 0.29) is 11.3 Å². The molecular weight excluding hydrogens is 373 g/mol. The lowest BCUT2D eigenvalue weighted by Crippen LogP contribution is -2.45. The van der Waals surface area contributed by atoms with Crippen molar-refractivity contribution in [3.05, 3.63) is 59.7 Å². The molecule has 1 saturated heterocycles. The van der Waals surface area contributed by atoms with Crippen molar-refractivity contribution in [3.63, 3.8) is 0 Å². The highest BCUT2D eigenvalue weighted by Crippen LogP contribution is 2.20. The molecule has 0 saturated carbocycles. The SMILES string of the molecule is CN1CCN(CCCNC(=O)c2c(F)cccc2NC(=O)c2cccnc2)CC1. The molecule has 1 aliphatic heterocycles. The summed E-state index contributed by atoms with van der Waals surface area (Å²) < 4.78 is 14.4. The first-order chi connectivity index (χ1) is 14.0. The highest BCUT2D eigenvalue weighted by molar-refractivity contribution is 6.08. The molecule has 0 atom stereocenters. The number of hydrogen-bond donors (Lipinski definition) is 2. The van der Waals surface area contributed by atoms with Gasteiger partial charge in [0.05, 0.1) is 16.8 Å². The zero-order chi connectivity index (χ0) is 20.6. The number of likely N-dealkylation sites (N-methyl/N-ethyl adjacent to an activating group) is 1.